The highest BCUT2D eigenvalue weighted by Gasteiger charge is 2.26. The van der Waals surface area contributed by atoms with Crippen molar-refractivity contribution in [2.24, 2.45) is 11.7 Å². The molecule has 0 amide bonds. The van der Waals surface area contributed by atoms with Crippen molar-refractivity contribution in [3.05, 3.63) is 29.3 Å². The molecule has 1 aromatic carbocycles. The van der Waals surface area contributed by atoms with Gasteiger partial charge in [-0.15, -0.1) is 0 Å². The van der Waals surface area contributed by atoms with E-state index in [9.17, 15) is 0 Å². The van der Waals surface area contributed by atoms with E-state index in [0.29, 0.717) is 16.9 Å². The number of rotatable bonds is 6. The van der Waals surface area contributed by atoms with Gasteiger partial charge in [0.25, 0.3) is 0 Å². The van der Waals surface area contributed by atoms with E-state index < -0.39 is 0 Å². The lowest BCUT2D eigenvalue weighted by molar-refractivity contribution is 0.527. The van der Waals surface area contributed by atoms with Crippen molar-refractivity contribution >= 4 is 22.9 Å². The number of hydrogen-bond acceptors (Lipinski definition) is 2. The van der Waals surface area contributed by atoms with Crippen molar-refractivity contribution in [1.29, 1.82) is 0 Å². The minimum Gasteiger partial charge on any atom is -0.389 e. The average molecular weight is 305 g/mol. The second-order valence-electron chi connectivity index (χ2n) is 6.65. The standard InChI is InChI=1S/C18H28N2S/c1-13(2)11-12-20(15-8-4-5-9-15)17-14(3)7-6-10-16(17)18(19)21/h6-7,10,13,15H,4-5,8-9,11-12H2,1-3H3,(H2,19,21). The number of thiocarbonyl (C=S) groups is 1. The van der Waals surface area contributed by atoms with Gasteiger partial charge in [-0.1, -0.05) is 51.0 Å². The van der Waals surface area contributed by atoms with Gasteiger partial charge in [-0.2, -0.15) is 0 Å². The molecule has 1 aliphatic rings. The second kappa shape index (κ2) is 7.26. The Kier molecular flexibility index (Phi) is 5.63. The number of hydrogen-bond donors (Lipinski definition) is 1. The van der Waals surface area contributed by atoms with Crippen LogP contribution in [0, 0.1) is 12.8 Å². The first-order valence-corrected chi connectivity index (χ1v) is 8.57. The summed E-state index contributed by atoms with van der Waals surface area (Å²) in [6.07, 6.45) is 6.49. The molecule has 0 aromatic heterocycles. The maximum absolute atomic E-state index is 5.98. The van der Waals surface area contributed by atoms with E-state index in [1.54, 1.807) is 0 Å². The lowest BCUT2D eigenvalue weighted by Gasteiger charge is -2.34. The zero-order chi connectivity index (χ0) is 15.4. The number of para-hydroxylation sites is 1. The molecule has 1 saturated carbocycles. The summed E-state index contributed by atoms with van der Waals surface area (Å²) in [6.45, 7) is 7.86. The van der Waals surface area contributed by atoms with Crippen LogP contribution >= 0.6 is 12.2 Å². The molecular weight excluding hydrogens is 276 g/mol. The maximum Gasteiger partial charge on any atom is 0.106 e. The molecule has 1 fully saturated rings. The van der Waals surface area contributed by atoms with E-state index in [4.69, 9.17) is 18.0 Å². The number of benzene rings is 1. The molecule has 0 radical (unpaired) electrons. The van der Waals surface area contributed by atoms with Gasteiger partial charge in [0, 0.05) is 18.2 Å². The molecule has 3 heteroatoms. The van der Waals surface area contributed by atoms with Gasteiger partial charge in [0.2, 0.25) is 0 Å². The fourth-order valence-electron chi connectivity index (χ4n) is 3.33. The Balaban J connectivity index is 2.37. The first-order valence-electron chi connectivity index (χ1n) is 8.16. The molecule has 0 heterocycles. The van der Waals surface area contributed by atoms with Gasteiger partial charge in [0.1, 0.15) is 4.99 Å². The van der Waals surface area contributed by atoms with Crippen molar-refractivity contribution in [2.75, 3.05) is 11.4 Å². The van der Waals surface area contributed by atoms with E-state index in [2.05, 4.69) is 43.9 Å². The van der Waals surface area contributed by atoms with E-state index in [0.717, 1.165) is 12.1 Å². The lowest BCUT2D eigenvalue weighted by atomic mass is 10.0. The van der Waals surface area contributed by atoms with Gasteiger partial charge >= 0.3 is 0 Å². The Morgan fingerprint density at radius 1 is 1.33 bits per heavy atom. The lowest BCUT2D eigenvalue weighted by Crippen LogP contribution is -2.36. The van der Waals surface area contributed by atoms with E-state index >= 15 is 0 Å². The Hall–Kier alpha value is -1.09. The molecule has 21 heavy (non-hydrogen) atoms. The van der Waals surface area contributed by atoms with Gasteiger partial charge in [-0.05, 0) is 43.7 Å². The highest BCUT2D eigenvalue weighted by molar-refractivity contribution is 7.80. The van der Waals surface area contributed by atoms with Gasteiger partial charge in [0.15, 0.2) is 0 Å². The summed E-state index contributed by atoms with van der Waals surface area (Å²) < 4.78 is 0. The highest BCUT2D eigenvalue weighted by atomic mass is 32.1. The highest BCUT2D eigenvalue weighted by Crippen LogP contribution is 2.33. The largest absolute Gasteiger partial charge is 0.389 e. The molecule has 0 aliphatic heterocycles. The SMILES string of the molecule is Cc1cccc(C(N)=S)c1N(CCC(C)C)C1CCCC1. The Morgan fingerprint density at radius 3 is 2.57 bits per heavy atom. The third-order valence-electron chi connectivity index (χ3n) is 4.50. The minimum absolute atomic E-state index is 0.515. The monoisotopic (exact) mass is 304 g/mol. The Bertz CT molecular complexity index is 490. The van der Waals surface area contributed by atoms with Crippen LogP contribution in [0.5, 0.6) is 0 Å². The third-order valence-corrected chi connectivity index (χ3v) is 4.72. The predicted octanol–water partition coefficient (Wildman–Crippen LogP) is 4.42. The van der Waals surface area contributed by atoms with E-state index in [1.165, 1.54) is 43.4 Å². The van der Waals surface area contributed by atoms with Crippen LogP contribution in [-0.2, 0) is 0 Å². The van der Waals surface area contributed by atoms with E-state index in [1.807, 2.05) is 0 Å². The number of nitrogens with zero attached hydrogens (tertiary/aromatic N) is 1. The quantitative estimate of drug-likeness (QED) is 0.789. The van der Waals surface area contributed by atoms with Gasteiger partial charge in [-0.3, -0.25) is 0 Å². The predicted molar refractivity (Wildman–Crippen MR) is 96.1 cm³/mol. The van der Waals surface area contributed by atoms with Crippen LogP contribution in [-0.4, -0.2) is 17.6 Å². The molecule has 2 nitrogen and oxygen atoms in total. The van der Waals surface area contributed by atoms with Gasteiger partial charge in [-0.25, -0.2) is 0 Å². The van der Waals surface area contributed by atoms with E-state index in [-0.39, 0.29) is 0 Å². The zero-order valence-electron chi connectivity index (χ0n) is 13.6. The Morgan fingerprint density at radius 2 is 2.00 bits per heavy atom. The summed E-state index contributed by atoms with van der Waals surface area (Å²) in [5, 5.41) is 0. The fraction of sp³-hybridized carbons (Fsp3) is 0.611. The molecule has 1 aromatic rings. The van der Waals surface area contributed by atoms with Crippen LogP contribution in [0.15, 0.2) is 18.2 Å². The zero-order valence-corrected chi connectivity index (χ0v) is 14.4. The summed E-state index contributed by atoms with van der Waals surface area (Å²) in [6, 6.07) is 6.96. The molecule has 0 atom stereocenters. The Labute approximate surface area is 134 Å². The summed E-state index contributed by atoms with van der Waals surface area (Å²) >= 11 is 5.29. The molecule has 1 aliphatic carbocycles. The molecule has 0 spiro atoms. The van der Waals surface area contributed by atoms with Crippen LogP contribution in [0.25, 0.3) is 0 Å². The van der Waals surface area contributed by atoms with Gasteiger partial charge in [0.05, 0.1) is 5.69 Å². The first-order chi connectivity index (χ1) is 10.0. The number of aryl methyl sites for hydroxylation is 1. The van der Waals surface area contributed by atoms with Crippen LogP contribution in [0.4, 0.5) is 5.69 Å². The second-order valence-corrected chi connectivity index (χ2v) is 7.09. The molecule has 2 rings (SSSR count). The van der Waals surface area contributed by atoms with Crippen LogP contribution in [0.3, 0.4) is 0 Å². The maximum atomic E-state index is 5.98. The van der Waals surface area contributed by atoms with Crippen molar-refractivity contribution in [2.45, 2.75) is 58.9 Å². The molecule has 116 valence electrons. The third kappa shape index (κ3) is 3.97. The fourth-order valence-corrected chi connectivity index (χ4v) is 3.49. The molecule has 0 saturated heterocycles. The van der Waals surface area contributed by atoms with Crippen molar-refractivity contribution in [3.63, 3.8) is 0 Å². The average Bonchev–Trinajstić information content (AvgIpc) is 2.93. The molecule has 0 bridgehead atoms. The summed E-state index contributed by atoms with van der Waals surface area (Å²) in [7, 11) is 0. The van der Waals surface area contributed by atoms with Crippen molar-refractivity contribution in [3.8, 4) is 0 Å². The van der Waals surface area contributed by atoms with Crippen LogP contribution in [0.2, 0.25) is 0 Å². The summed E-state index contributed by atoms with van der Waals surface area (Å²) in [5.74, 6) is 0.714. The molecule has 0 unspecified atom stereocenters. The normalized spacial score (nSPS) is 15.6. The van der Waals surface area contributed by atoms with Gasteiger partial charge < -0.3 is 10.6 Å². The molecule has 2 N–H and O–H groups in total. The number of nitrogens with two attached hydrogens (primary N) is 1. The summed E-state index contributed by atoms with van der Waals surface area (Å²) in [4.78, 5) is 3.11. The van der Waals surface area contributed by atoms with Crippen LogP contribution < -0.4 is 10.6 Å². The van der Waals surface area contributed by atoms with Crippen molar-refractivity contribution in [1.82, 2.24) is 0 Å². The van der Waals surface area contributed by atoms with Crippen molar-refractivity contribution < 1.29 is 0 Å². The topological polar surface area (TPSA) is 29.3 Å². The minimum atomic E-state index is 0.515. The van der Waals surface area contributed by atoms with Crippen LogP contribution in [0.1, 0.15) is 57.1 Å². The summed E-state index contributed by atoms with van der Waals surface area (Å²) in [5.41, 5.74) is 9.59. The number of anilines is 1. The smallest absolute Gasteiger partial charge is 0.106 e. The molecular formula is C18H28N2S. The first kappa shape index (κ1) is 16.3.